The van der Waals surface area contributed by atoms with Gasteiger partial charge in [0, 0.05) is 11.6 Å². The topological polar surface area (TPSA) is 87.9 Å². The van der Waals surface area contributed by atoms with Crippen LogP contribution in [-0.2, 0) is 6.54 Å². The first-order chi connectivity index (χ1) is 15.1. The number of rotatable bonds is 8. The predicted molar refractivity (Wildman–Crippen MR) is 115 cm³/mol. The molecule has 0 amide bonds. The van der Waals surface area contributed by atoms with E-state index in [1.807, 2.05) is 30.3 Å². The smallest absolute Gasteiger partial charge is 0.240 e. The number of methoxy groups -OCH3 is 2. The van der Waals surface area contributed by atoms with E-state index >= 15 is 0 Å². The summed E-state index contributed by atoms with van der Waals surface area (Å²) in [4.78, 5) is 4.53. The molecule has 0 bridgehead atoms. The minimum atomic E-state index is 0.0901. The van der Waals surface area contributed by atoms with Gasteiger partial charge >= 0.3 is 0 Å². The van der Waals surface area contributed by atoms with Crippen LogP contribution in [0.5, 0.6) is 23.0 Å². The summed E-state index contributed by atoms with van der Waals surface area (Å²) in [6.45, 7) is 5.92. The molecule has 1 aliphatic heterocycles. The van der Waals surface area contributed by atoms with E-state index in [0.29, 0.717) is 48.9 Å². The van der Waals surface area contributed by atoms with Gasteiger partial charge in [0.05, 0.1) is 20.8 Å². The van der Waals surface area contributed by atoms with E-state index in [4.69, 9.17) is 23.5 Å². The summed E-state index contributed by atoms with van der Waals surface area (Å²) in [5, 5.41) is 7.64. The summed E-state index contributed by atoms with van der Waals surface area (Å²) in [6, 6.07) is 11.7. The van der Waals surface area contributed by atoms with E-state index in [1.54, 1.807) is 14.2 Å². The average molecular weight is 425 g/mol. The van der Waals surface area contributed by atoms with E-state index < -0.39 is 0 Å². The third-order valence-electron chi connectivity index (χ3n) is 5.18. The van der Waals surface area contributed by atoms with Crippen LogP contribution >= 0.6 is 0 Å². The van der Waals surface area contributed by atoms with E-state index in [0.717, 1.165) is 22.6 Å². The van der Waals surface area contributed by atoms with Gasteiger partial charge in [0.15, 0.2) is 23.0 Å². The molecule has 1 N–H and O–H groups in total. The highest BCUT2D eigenvalue weighted by molar-refractivity contribution is 5.60. The van der Waals surface area contributed by atoms with Gasteiger partial charge in [-0.1, -0.05) is 25.1 Å². The number of hydrogen-bond acceptors (Lipinski definition) is 8. The maximum Gasteiger partial charge on any atom is 0.240 e. The van der Waals surface area contributed by atoms with Crippen molar-refractivity contribution in [3.05, 3.63) is 47.9 Å². The number of nitrogens with one attached hydrogen (secondary N) is 1. The molecule has 0 saturated heterocycles. The second-order valence-electron chi connectivity index (χ2n) is 7.59. The van der Waals surface area contributed by atoms with Crippen LogP contribution in [0.15, 0.2) is 40.9 Å². The number of ether oxygens (including phenoxy) is 4. The van der Waals surface area contributed by atoms with Crippen molar-refractivity contribution in [2.45, 2.75) is 26.4 Å². The summed E-state index contributed by atoms with van der Waals surface area (Å²) < 4.78 is 27.5. The Hall–Kier alpha value is -3.26. The Bertz CT molecular complexity index is 1030. The van der Waals surface area contributed by atoms with Gasteiger partial charge in [0.1, 0.15) is 13.2 Å². The predicted octanol–water partition coefficient (Wildman–Crippen LogP) is 4.01. The van der Waals surface area contributed by atoms with E-state index in [9.17, 15) is 0 Å². The molecule has 0 fully saturated rings. The molecule has 3 aromatic rings. The molecule has 1 atom stereocenters. The van der Waals surface area contributed by atoms with Crippen LogP contribution in [0.4, 0.5) is 0 Å². The molecule has 31 heavy (non-hydrogen) atoms. The highest BCUT2D eigenvalue weighted by atomic mass is 16.6. The molecule has 1 aliphatic rings. The van der Waals surface area contributed by atoms with Gasteiger partial charge in [-0.25, -0.2) is 0 Å². The van der Waals surface area contributed by atoms with Crippen LogP contribution in [0.25, 0.3) is 11.4 Å². The van der Waals surface area contributed by atoms with Crippen molar-refractivity contribution >= 4 is 0 Å². The number of fused-ring (bicyclic) bond motifs is 1. The molecule has 2 aromatic carbocycles. The van der Waals surface area contributed by atoms with Crippen molar-refractivity contribution < 1.29 is 23.5 Å². The van der Waals surface area contributed by atoms with Crippen molar-refractivity contribution in [3.8, 4) is 34.4 Å². The zero-order valence-corrected chi connectivity index (χ0v) is 18.2. The number of hydrogen-bond donors (Lipinski definition) is 1. The highest BCUT2D eigenvalue weighted by Crippen LogP contribution is 2.35. The SMILES string of the molecule is COc1ccc(-c2noc(CN[C@H](c3ccc4c(c3)OCCO4)C(C)C)n2)cc1OC. The zero-order valence-electron chi connectivity index (χ0n) is 18.2. The standard InChI is InChI=1S/C23H27N3O5/c1-14(2)22(15-5-8-18-20(11-15)30-10-9-29-18)24-13-21-25-23(26-31-21)16-6-7-17(27-3)19(12-16)28-4/h5-8,11-12,14,22,24H,9-10,13H2,1-4H3/t22-/m0/s1. The number of benzene rings is 2. The van der Waals surface area contributed by atoms with Crippen molar-refractivity contribution in [2.24, 2.45) is 5.92 Å². The second kappa shape index (κ2) is 9.26. The van der Waals surface area contributed by atoms with E-state index in [-0.39, 0.29) is 6.04 Å². The molecule has 0 unspecified atom stereocenters. The molecule has 8 heteroatoms. The third kappa shape index (κ3) is 4.59. The Balaban J connectivity index is 1.48. The monoisotopic (exact) mass is 425 g/mol. The summed E-state index contributed by atoms with van der Waals surface area (Å²) in [5.41, 5.74) is 1.92. The van der Waals surface area contributed by atoms with Gasteiger partial charge in [0.25, 0.3) is 0 Å². The normalized spacial score (nSPS) is 13.8. The van der Waals surface area contributed by atoms with Gasteiger partial charge in [-0.15, -0.1) is 0 Å². The highest BCUT2D eigenvalue weighted by Gasteiger charge is 2.21. The minimum absolute atomic E-state index is 0.0901. The molecule has 0 aliphatic carbocycles. The quantitative estimate of drug-likeness (QED) is 0.579. The molecule has 4 rings (SSSR count). The summed E-state index contributed by atoms with van der Waals surface area (Å²) in [6.07, 6.45) is 0. The van der Waals surface area contributed by atoms with Gasteiger partial charge in [-0.05, 0) is 41.8 Å². The Morgan fingerprint density at radius 2 is 1.74 bits per heavy atom. The number of aromatic nitrogens is 2. The summed E-state index contributed by atoms with van der Waals surface area (Å²) in [5.74, 6) is 4.18. The van der Waals surface area contributed by atoms with Crippen molar-refractivity contribution in [3.63, 3.8) is 0 Å². The van der Waals surface area contributed by atoms with Gasteiger partial charge in [0.2, 0.25) is 11.7 Å². The average Bonchev–Trinajstić information content (AvgIpc) is 3.27. The molecule has 0 radical (unpaired) electrons. The third-order valence-corrected chi connectivity index (χ3v) is 5.18. The van der Waals surface area contributed by atoms with E-state index in [1.165, 1.54) is 0 Å². The fourth-order valence-corrected chi connectivity index (χ4v) is 3.61. The van der Waals surface area contributed by atoms with Crippen LogP contribution in [-0.4, -0.2) is 37.6 Å². The first-order valence-electron chi connectivity index (χ1n) is 10.3. The lowest BCUT2D eigenvalue weighted by atomic mass is 9.95. The van der Waals surface area contributed by atoms with Crippen LogP contribution in [0.2, 0.25) is 0 Å². The first kappa shape index (κ1) is 21.0. The van der Waals surface area contributed by atoms with Crippen LogP contribution in [0.3, 0.4) is 0 Å². The molecular formula is C23H27N3O5. The molecule has 8 nitrogen and oxygen atoms in total. The molecule has 0 spiro atoms. The minimum Gasteiger partial charge on any atom is -0.493 e. The molecule has 164 valence electrons. The largest absolute Gasteiger partial charge is 0.493 e. The Labute approximate surface area is 181 Å². The van der Waals surface area contributed by atoms with Crippen molar-refractivity contribution in [1.82, 2.24) is 15.5 Å². The summed E-state index contributed by atoms with van der Waals surface area (Å²) >= 11 is 0. The van der Waals surface area contributed by atoms with Gasteiger partial charge in [-0.3, -0.25) is 0 Å². The van der Waals surface area contributed by atoms with Gasteiger partial charge in [-0.2, -0.15) is 4.98 Å². The molecule has 2 heterocycles. The molecule has 1 aromatic heterocycles. The number of nitrogens with zero attached hydrogens (tertiary/aromatic N) is 2. The lowest BCUT2D eigenvalue weighted by Crippen LogP contribution is -2.26. The fourth-order valence-electron chi connectivity index (χ4n) is 3.61. The Kier molecular flexibility index (Phi) is 6.27. The van der Waals surface area contributed by atoms with Gasteiger partial charge < -0.3 is 28.8 Å². The Morgan fingerprint density at radius 3 is 2.48 bits per heavy atom. The fraction of sp³-hybridized carbons (Fsp3) is 0.391. The molecule has 0 saturated carbocycles. The maximum atomic E-state index is 5.73. The van der Waals surface area contributed by atoms with Crippen LogP contribution < -0.4 is 24.3 Å². The summed E-state index contributed by atoms with van der Waals surface area (Å²) in [7, 11) is 3.19. The van der Waals surface area contributed by atoms with Crippen molar-refractivity contribution in [2.75, 3.05) is 27.4 Å². The lowest BCUT2D eigenvalue weighted by molar-refractivity contribution is 0.171. The molecular weight excluding hydrogens is 398 g/mol. The van der Waals surface area contributed by atoms with E-state index in [2.05, 4.69) is 35.4 Å². The lowest BCUT2D eigenvalue weighted by Gasteiger charge is -2.25. The van der Waals surface area contributed by atoms with Crippen LogP contribution in [0, 0.1) is 5.92 Å². The zero-order chi connectivity index (χ0) is 21.8. The van der Waals surface area contributed by atoms with Crippen LogP contribution in [0.1, 0.15) is 31.3 Å². The first-order valence-corrected chi connectivity index (χ1v) is 10.3. The van der Waals surface area contributed by atoms with Crippen molar-refractivity contribution in [1.29, 1.82) is 0 Å². The second-order valence-corrected chi connectivity index (χ2v) is 7.59. The maximum absolute atomic E-state index is 5.73. The Morgan fingerprint density at radius 1 is 0.968 bits per heavy atom.